The zero-order valence-electron chi connectivity index (χ0n) is 20.9. The molecule has 0 spiro atoms. The number of fused-ring (bicyclic) bond motifs is 1. The lowest BCUT2D eigenvalue weighted by atomic mass is 9.79. The smallest absolute Gasteiger partial charge is 0.303 e. The summed E-state index contributed by atoms with van der Waals surface area (Å²) < 4.78 is 5.43. The zero-order chi connectivity index (χ0) is 23.8. The van der Waals surface area contributed by atoms with E-state index in [2.05, 4.69) is 22.0 Å². The molecule has 0 radical (unpaired) electrons. The van der Waals surface area contributed by atoms with Gasteiger partial charge >= 0.3 is 5.97 Å². The molecule has 1 saturated carbocycles. The molecule has 4 rings (SSSR count). The first-order chi connectivity index (χ1) is 16.6. The van der Waals surface area contributed by atoms with Gasteiger partial charge in [-0.15, -0.1) is 0 Å². The molecule has 34 heavy (non-hydrogen) atoms. The number of nitrogens with zero attached hydrogens (tertiary/aromatic N) is 2. The molecule has 5 nitrogen and oxygen atoms in total. The molecule has 2 fully saturated rings. The molecule has 1 aromatic heterocycles. The molecule has 0 unspecified atom stereocenters. The van der Waals surface area contributed by atoms with Crippen LogP contribution in [0.5, 0.6) is 5.75 Å². The lowest BCUT2D eigenvalue weighted by Gasteiger charge is -2.39. The molecule has 1 N–H and O–H groups in total. The summed E-state index contributed by atoms with van der Waals surface area (Å²) in [5.74, 6) is 2.27. The number of likely N-dealkylation sites (tertiary alicyclic amines) is 1. The molecule has 1 aliphatic carbocycles. The summed E-state index contributed by atoms with van der Waals surface area (Å²) in [6, 6.07) is 8.23. The van der Waals surface area contributed by atoms with Gasteiger partial charge in [-0.2, -0.15) is 0 Å². The highest BCUT2D eigenvalue weighted by Gasteiger charge is 2.29. The van der Waals surface area contributed by atoms with Gasteiger partial charge in [0.25, 0.3) is 0 Å². The number of hydrogen-bond donors (Lipinski definition) is 1. The zero-order valence-corrected chi connectivity index (χ0v) is 20.9. The van der Waals surface area contributed by atoms with Crippen LogP contribution in [-0.2, 0) is 11.2 Å². The third kappa shape index (κ3) is 6.94. The summed E-state index contributed by atoms with van der Waals surface area (Å²) in [6.45, 7) is 3.46. The number of pyridine rings is 1. The highest BCUT2D eigenvalue weighted by atomic mass is 16.5. The van der Waals surface area contributed by atoms with Gasteiger partial charge in [-0.05, 0) is 99.2 Å². The lowest BCUT2D eigenvalue weighted by Crippen LogP contribution is -2.41. The van der Waals surface area contributed by atoms with Crippen LogP contribution in [-0.4, -0.2) is 47.7 Å². The average molecular weight is 467 g/mol. The maximum absolute atomic E-state index is 11.3. The number of benzene rings is 1. The largest absolute Gasteiger partial charge is 0.497 e. The van der Waals surface area contributed by atoms with E-state index in [1.54, 1.807) is 7.11 Å². The molecular formula is C29H42N2O3. The fraction of sp³-hybridized carbons (Fsp3) is 0.655. The van der Waals surface area contributed by atoms with Crippen molar-refractivity contribution in [1.29, 1.82) is 0 Å². The van der Waals surface area contributed by atoms with Crippen LogP contribution in [0.1, 0.15) is 76.2 Å². The standard InChI is InChI=1S/C29H42N2O3/c1-34-26-11-12-28-27(20-26)24(14-17-30-28)9-5-8-23-16-19-31(21-25(23)10-13-29(32)33)18-15-22-6-3-2-4-7-22/h11-12,14,17,20,22-23,25H,2-10,13,15-16,18-19,21H2,1H3,(H,32,33)/t23-,25+/m1/s1. The molecule has 2 aromatic rings. The summed E-state index contributed by atoms with van der Waals surface area (Å²) in [5.41, 5.74) is 2.35. The number of methoxy groups -OCH3 is 1. The van der Waals surface area contributed by atoms with Crippen molar-refractivity contribution in [2.75, 3.05) is 26.7 Å². The van der Waals surface area contributed by atoms with Gasteiger partial charge in [0.1, 0.15) is 5.75 Å². The van der Waals surface area contributed by atoms with Crippen molar-refractivity contribution in [2.45, 2.75) is 77.0 Å². The molecule has 0 bridgehead atoms. The second-order valence-electron chi connectivity index (χ2n) is 10.6. The minimum absolute atomic E-state index is 0.298. The quantitative estimate of drug-likeness (QED) is 0.419. The van der Waals surface area contributed by atoms with E-state index >= 15 is 0 Å². The minimum atomic E-state index is -0.657. The molecule has 1 aliphatic heterocycles. The van der Waals surface area contributed by atoms with Gasteiger partial charge in [-0.3, -0.25) is 9.78 Å². The number of piperidine rings is 1. The molecule has 0 amide bonds. The highest BCUT2D eigenvalue weighted by molar-refractivity contribution is 5.83. The van der Waals surface area contributed by atoms with Crippen molar-refractivity contribution in [1.82, 2.24) is 9.88 Å². The van der Waals surface area contributed by atoms with E-state index in [-0.39, 0.29) is 0 Å². The molecule has 5 heteroatoms. The lowest BCUT2D eigenvalue weighted by molar-refractivity contribution is -0.137. The first-order valence-electron chi connectivity index (χ1n) is 13.5. The fourth-order valence-electron chi connectivity index (χ4n) is 6.30. The van der Waals surface area contributed by atoms with Crippen LogP contribution < -0.4 is 4.74 Å². The predicted octanol–water partition coefficient (Wildman–Crippen LogP) is 6.34. The Morgan fingerprint density at radius 1 is 1.09 bits per heavy atom. The number of carboxylic acids is 1. The van der Waals surface area contributed by atoms with Gasteiger partial charge in [0.2, 0.25) is 0 Å². The highest BCUT2D eigenvalue weighted by Crippen LogP contribution is 2.33. The van der Waals surface area contributed by atoms with Crippen LogP contribution in [0, 0.1) is 17.8 Å². The summed E-state index contributed by atoms with van der Waals surface area (Å²) in [5, 5.41) is 10.5. The minimum Gasteiger partial charge on any atom is -0.497 e. The molecular weight excluding hydrogens is 424 g/mol. The molecule has 2 aliphatic rings. The van der Waals surface area contributed by atoms with Crippen molar-refractivity contribution in [3.05, 3.63) is 36.0 Å². The number of hydrogen-bond acceptors (Lipinski definition) is 4. The normalized spacial score (nSPS) is 22.1. The summed E-state index contributed by atoms with van der Waals surface area (Å²) in [7, 11) is 1.70. The number of ether oxygens (including phenoxy) is 1. The molecule has 1 saturated heterocycles. The van der Waals surface area contributed by atoms with Gasteiger partial charge in [0.15, 0.2) is 0 Å². The number of aryl methyl sites for hydroxylation is 1. The van der Waals surface area contributed by atoms with Gasteiger partial charge in [0, 0.05) is 24.5 Å². The SMILES string of the molecule is COc1ccc2nccc(CCC[C@@H]3CCN(CCC4CCCCC4)C[C@@H]3CCC(=O)O)c2c1. The number of carbonyl (C=O) groups is 1. The number of aliphatic carboxylic acids is 1. The Hall–Kier alpha value is -2.14. The Morgan fingerprint density at radius 2 is 1.94 bits per heavy atom. The fourth-order valence-corrected chi connectivity index (χ4v) is 6.30. The van der Waals surface area contributed by atoms with Crippen LogP contribution >= 0.6 is 0 Å². The maximum atomic E-state index is 11.3. The van der Waals surface area contributed by atoms with Gasteiger partial charge in [-0.25, -0.2) is 0 Å². The Morgan fingerprint density at radius 3 is 2.74 bits per heavy atom. The summed E-state index contributed by atoms with van der Waals surface area (Å²) in [4.78, 5) is 18.5. The van der Waals surface area contributed by atoms with E-state index in [0.717, 1.165) is 43.0 Å². The molecule has 2 atom stereocenters. The van der Waals surface area contributed by atoms with Crippen molar-refractivity contribution >= 4 is 16.9 Å². The third-order valence-electron chi connectivity index (χ3n) is 8.34. The first kappa shape index (κ1) is 25.0. The van der Waals surface area contributed by atoms with Crippen LogP contribution in [0.2, 0.25) is 0 Å². The number of aromatic nitrogens is 1. The molecule has 186 valence electrons. The van der Waals surface area contributed by atoms with Crippen LogP contribution in [0.15, 0.2) is 30.5 Å². The van der Waals surface area contributed by atoms with Crippen LogP contribution in [0.4, 0.5) is 0 Å². The number of rotatable bonds is 11. The third-order valence-corrected chi connectivity index (χ3v) is 8.34. The molecule has 2 heterocycles. The Balaban J connectivity index is 1.32. The van der Waals surface area contributed by atoms with Gasteiger partial charge in [0.05, 0.1) is 12.6 Å². The summed E-state index contributed by atoms with van der Waals surface area (Å²) in [6.07, 6.45) is 16.0. The van der Waals surface area contributed by atoms with Crippen LogP contribution in [0.25, 0.3) is 10.9 Å². The van der Waals surface area contributed by atoms with Crippen molar-refractivity contribution in [2.24, 2.45) is 17.8 Å². The van der Waals surface area contributed by atoms with Crippen molar-refractivity contribution < 1.29 is 14.6 Å². The predicted molar refractivity (Wildman–Crippen MR) is 137 cm³/mol. The van der Waals surface area contributed by atoms with E-state index in [1.807, 2.05) is 18.3 Å². The van der Waals surface area contributed by atoms with Crippen LogP contribution in [0.3, 0.4) is 0 Å². The number of carboxylic acid groups (broad SMARTS) is 1. The van der Waals surface area contributed by atoms with E-state index in [1.165, 1.54) is 75.4 Å². The topological polar surface area (TPSA) is 62.7 Å². The van der Waals surface area contributed by atoms with E-state index in [9.17, 15) is 9.90 Å². The van der Waals surface area contributed by atoms with Gasteiger partial charge in [-0.1, -0.05) is 32.1 Å². The average Bonchev–Trinajstić information content (AvgIpc) is 2.87. The van der Waals surface area contributed by atoms with E-state index < -0.39 is 5.97 Å². The van der Waals surface area contributed by atoms with Crippen molar-refractivity contribution in [3.8, 4) is 5.75 Å². The van der Waals surface area contributed by atoms with Crippen molar-refractivity contribution in [3.63, 3.8) is 0 Å². The Labute approximate surface area is 204 Å². The molecule has 1 aromatic carbocycles. The second-order valence-corrected chi connectivity index (χ2v) is 10.6. The Bertz CT molecular complexity index is 925. The van der Waals surface area contributed by atoms with E-state index in [0.29, 0.717) is 18.3 Å². The summed E-state index contributed by atoms with van der Waals surface area (Å²) >= 11 is 0. The monoisotopic (exact) mass is 466 g/mol. The Kier molecular flexibility index (Phi) is 9.20. The van der Waals surface area contributed by atoms with Gasteiger partial charge < -0.3 is 14.7 Å². The first-order valence-corrected chi connectivity index (χ1v) is 13.5. The van der Waals surface area contributed by atoms with E-state index in [4.69, 9.17) is 4.74 Å². The maximum Gasteiger partial charge on any atom is 0.303 e. The second kappa shape index (κ2) is 12.5.